The molecule has 0 bridgehead atoms. The van der Waals surface area contributed by atoms with Crippen LogP contribution in [0.25, 0.3) is 16.8 Å². The van der Waals surface area contributed by atoms with Gasteiger partial charge in [-0.1, -0.05) is 81.9 Å². The molecule has 1 aliphatic heterocycles. The van der Waals surface area contributed by atoms with Crippen molar-refractivity contribution >= 4 is 72.7 Å². The van der Waals surface area contributed by atoms with Gasteiger partial charge in [-0.05, 0) is 88.7 Å². The van der Waals surface area contributed by atoms with E-state index in [0.717, 1.165) is 24.4 Å². The largest absolute Gasteiger partial charge is 0.487 e. The predicted octanol–water partition coefficient (Wildman–Crippen LogP) is 7.04. The third kappa shape index (κ3) is 5.90. The first-order valence-electron chi connectivity index (χ1n) is 13.8. The van der Waals surface area contributed by atoms with Gasteiger partial charge in [0.05, 0.1) is 32.0 Å². The van der Waals surface area contributed by atoms with E-state index < -0.39 is 17.8 Å². The van der Waals surface area contributed by atoms with E-state index in [-0.39, 0.29) is 17.7 Å². The topological polar surface area (TPSA) is 69.9 Å². The lowest BCUT2D eigenvalue weighted by atomic mass is 9.96. The van der Waals surface area contributed by atoms with Crippen LogP contribution in [0.3, 0.4) is 0 Å². The molecule has 0 saturated carbocycles. The maximum Gasteiger partial charge on any atom is 0.338 e. The van der Waals surface area contributed by atoms with Gasteiger partial charge in [0, 0.05) is 10.0 Å². The molecule has 6 nitrogen and oxygen atoms in total. The van der Waals surface area contributed by atoms with Crippen LogP contribution in [-0.4, -0.2) is 17.1 Å². The van der Waals surface area contributed by atoms with E-state index in [0.29, 0.717) is 38.5 Å². The number of halogens is 3. The molecule has 0 fully saturated rings. The van der Waals surface area contributed by atoms with Gasteiger partial charge in [-0.15, -0.1) is 0 Å². The summed E-state index contributed by atoms with van der Waals surface area (Å²) in [6, 6.07) is 23.1. The lowest BCUT2D eigenvalue weighted by Crippen LogP contribution is -2.39. The highest BCUT2D eigenvalue weighted by Crippen LogP contribution is 2.33. The molecule has 0 saturated heterocycles. The maximum atomic E-state index is 14.1. The standard InChI is InChI=1S/C34H25BrFIN2O4S/c1-3-42-33(41)29-19(2)38-34-39(30(29)21-11-13-25(36)14-12-21)32(40)28(44-34)16-23-15-24(35)17-27(37)31(23)43-18-22-9-6-8-20-7-4-5-10-26(20)22/h4-17,30H,3,18H2,1-2H3/b28-16-/t30-/m1/s1. The molecule has 0 amide bonds. The van der Waals surface area contributed by atoms with Crippen molar-refractivity contribution in [1.29, 1.82) is 0 Å². The summed E-state index contributed by atoms with van der Waals surface area (Å²) in [5.41, 5.74) is 2.71. The van der Waals surface area contributed by atoms with Gasteiger partial charge in [-0.25, -0.2) is 14.2 Å². The first kappa shape index (κ1) is 30.4. The number of hydrogen-bond donors (Lipinski definition) is 0. The minimum Gasteiger partial charge on any atom is -0.487 e. The summed E-state index contributed by atoms with van der Waals surface area (Å²) in [6.07, 6.45) is 1.79. The lowest BCUT2D eigenvalue weighted by Gasteiger charge is -2.24. The number of carbonyl (C=O) groups is 1. The van der Waals surface area contributed by atoms with Gasteiger partial charge in [-0.2, -0.15) is 0 Å². The van der Waals surface area contributed by atoms with Crippen LogP contribution < -0.4 is 19.6 Å². The number of benzene rings is 4. The molecule has 0 radical (unpaired) electrons. The zero-order valence-electron chi connectivity index (χ0n) is 23.6. The molecule has 2 heterocycles. The number of fused-ring (bicyclic) bond motifs is 2. The van der Waals surface area contributed by atoms with E-state index in [1.807, 2.05) is 36.4 Å². The maximum absolute atomic E-state index is 14.1. The molecule has 4 aromatic carbocycles. The second-order valence-corrected chi connectivity index (χ2v) is 13.2. The average Bonchev–Trinajstić information content (AvgIpc) is 3.30. The SMILES string of the molecule is CCOC(=O)C1=C(C)N=c2s/c(=C\c3cc(Br)cc(I)c3OCc3cccc4ccccc34)c(=O)n2[C@@H]1c1ccc(F)cc1. The summed E-state index contributed by atoms with van der Waals surface area (Å²) in [7, 11) is 0. The highest BCUT2D eigenvalue weighted by molar-refractivity contribution is 14.1. The summed E-state index contributed by atoms with van der Waals surface area (Å²) in [5, 5.41) is 2.25. The van der Waals surface area contributed by atoms with Gasteiger partial charge in [0.15, 0.2) is 4.80 Å². The van der Waals surface area contributed by atoms with Crippen LogP contribution in [0, 0.1) is 9.39 Å². The van der Waals surface area contributed by atoms with Crippen molar-refractivity contribution in [2.45, 2.75) is 26.5 Å². The molecule has 0 N–H and O–H groups in total. The zero-order valence-corrected chi connectivity index (χ0v) is 28.2. The Bertz CT molecular complexity index is 2130. The fraction of sp³-hybridized carbons (Fsp3) is 0.147. The van der Waals surface area contributed by atoms with Crippen LogP contribution in [0.15, 0.2) is 104 Å². The highest BCUT2D eigenvalue weighted by Gasteiger charge is 2.33. The predicted molar refractivity (Wildman–Crippen MR) is 182 cm³/mol. The third-order valence-electron chi connectivity index (χ3n) is 7.28. The minimum absolute atomic E-state index is 0.166. The van der Waals surface area contributed by atoms with Gasteiger partial charge >= 0.3 is 5.97 Å². The summed E-state index contributed by atoms with van der Waals surface area (Å²) in [5.74, 6) is -0.339. The molecule has 0 unspecified atom stereocenters. The fourth-order valence-electron chi connectivity index (χ4n) is 5.30. The Morgan fingerprint density at radius 2 is 1.86 bits per heavy atom. The Labute approximate surface area is 278 Å². The van der Waals surface area contributed by atoms with Crippen LogP contribution in [0.4, 0.5) is 4.39 Å². The van der Waals surface area contributed by atoms with E-state index in [1.54, 1.807) is 32.1 Å². The van der Waals surface area contributed by atoms with E-state index in [1.165, 1.54) is 28.0 Å². The Kier molecular flexibility index (Phi) is 8.84. The summed E-state index contributed by atoms with van der Waals surface area (Å²) in [4.78, 5) is 32.3. The molecule has 222 valence electrons. The number of esters is 1. The Morgan fingerprint density at radius 1 is 1.11 bits per heavy atom. The number of thiazole rings is 1. The third-order valence-corrected chi connectivity index (χ3v) is 9.52. The van der Waals surface area contributed by atoms with Crippen molar-refractivity contribution < 1.29 is 18.7 Å². The molecule has 0 spiro atoms. The number of nitrogens with zero attached hydrogens (tertiary/aromatic N) is 2. The number of allylic oxidation sites excluding steroid dienone is 1. The molecule has 6 rings (SSSR count). The second kappa shape index (κ2) is 12.8. The Hall–Kier alpha value is -3.61. The smallest absolute Gasteiger partial charge is 0.338 e. The number of rotatable bonds is 7. The Balaban J connectivity index is 1.46. The first-order chi connectivity index (χ1) is 21.2. The summed E-state index contributed by atoms with van der Waals surface area (Å²) >= 11 is 7.04. The summed E-state index contributed by atoms with van der Waals surface area (Å²) in [6.45, 7) is 3.94. The number of hydrogen-bond acceptors (Lipinski definition) is 6. The molecular formula is C34H25BrFIN2O4S. The molecule has 44 heavy (non-hydrogen) atoms. The van der Waals surface area contributed by atoms with Gasteiger partial charge < -0.3 is 9.47 Å². The first-order valence-corrected chi connectivity index (χ1v) is 16.5. The van der Waals surface area contributed by atoms with Crippen LogP contribution in [-0.2, 0) is 16.1 Å². The fourth-order valence-corrected chi connectivity index (χ4v) is 8.04. The van der Waals surface area contributed by atoms with E-state index in [2.05, 4.69) is 61.7 Å². The van der Waals surface area contributed by atoms with Crippen LogP contribution >= 0.6 is 49.9 Å². The van der Waals surface area contributed by atoms with Crippen molar-refractivity contribution in [3.8, 4) is 5.75 Å². The van der Waals surface area contributed by atoms with Crippen molar-refractivity contribution in [3.63, 3.8) is 0 Å². The highest BCUT2D eigenvalue weighted by atomic mass is 127. The zero-order chi connectivity index (χ0) is 31.0. The van der Waals surface area contributed by atoms with Crippen molar-refractivity contribution in [2.24, 2.45) is 4.99 Å². The molecular weight excluding hydrogens is 758 g/mol. The molecule has 10 heteroatoms. The van der Waals surface area contributed by atoms with E-state index in [4.69, 9.17) is 9.47 Å². The monoisotopic (exact) mass is 782 g/mol. The van der Waals surface area contributed by atoms with Gasteiger partial charge in [0.25, 0.3) is 5.56 Å². The van der Waals surface area contributed by atoms with Crippen LogP contribution in [0.5, 0.6) is 5.75 Å². The lowest BCUT2D eigenvalue weighted by molar-refractivity contribution is -0.139. The van der Waals surface area contributed by atoms with Crippen molar-refractivity contribution in [2.75, 3.05) is 6.61 Å². The molecule has 1 aromatic heterocycles. The Morgan fingerprint density at radius 3 is 2.64 bits per heavy atom. The van der Waals surface area contributed by atoms with Crippen molar-refractivity contribution in [3.05, 3.63) is 140 Å². The van der Waals surface area contributed by atoms with Crippen LogP contribution in [0.1, 0.15) is 36.6 Å². The van der Waals surface area contributed by atoms with Crippen molar-refractivity contribution in [1.82, 2.24) is 4.57 Å². The molecule has 1 atom stereocenters. The second-order valence-electron chi connectivity index (χ2n) is 10.1. The van der Waals surface area contributed by atoms with Gasteiger partial charge in [-0.3, -0.25) is 9.36 Å². The molecule has 0 aliphatic carbocycles. The molecule has 1 aliphatic rings. The number of aromatic nitrogens is 1. The molecule has 5 aromatic rings. The quantitative estimate of drug-likeness (QED) is 0.131. The average molecular weight is 783 g/mol. The normalized spacial score (nSPS) is 14.8. The minimum atomic E-state index is -0.822. The summed E-state index contributed by atoms with van der Waals surface area (Å²) < 4.78 is 29.3. The number of carbonyl (C=O) groups excluding carboxylic acids is 1. The van der Waals surface area contributed by atoms with E-state index in [9.17, 15) is 14.0 Å². The van der Waals surface area contributed by atoms with Gasteiger partial charge in [0.2, 0.25) is 0 Å². The van der Waals surface area contributed by atoms with E-state index >= 15 is 0 Å². The van der Waals surface area contributed by atoms with Crippen LogP contribution in [0.2, 0.25) is 0 Å². The number of ether oxygens (including phenoxy) is 2. The van der Waals surface area contributed by atoms with Gasteiger partial charge in [0.1, 0.15) is 18.2 Å².